The fourth-order valence-corrected chi connectivity index (χ4v) is 2.68. The van der Waals surface area contributed by atoms with Crippen molar-refractivity contribution in [3.63, 3.8) is 0 Å². The Kier molecular flexibility index (Phi) is 6.70. The molecule has 0 aliphatic heterocycles. The van der Waals surface area contributed by atoms with E-state index >= 15 is 0 Å². The first-order chi connectivity index (χ1) is 9.35. The van der Waals surface area contributed by atoms with Crippen LogP contribution < -0.4 is 5.32 Å². The first-order valence-corrected chi connectivity index (χ1v) is 7.83. The molecule has 0 aliphatic carbocycles. The summed E-state index contributed by atoms with van der Waals surface area (Å²) in [5, 5.41) is 3.50. The van der Waals surface area contributed by atoms with Gasteiger partial charge in [0.15, 0.2) is 0 Å². The molecule has 0 spiro atoms. The number of likely N-dealkylation sites (N-methyl/N-ethyl adjacent to an activating group) is 1. The van der Waals surface area contributed by atoms with Crippen molar-refractivity contribution in [1.82, 2.24) is 10.2 Å². The Balaban J connectivity index is 2.91. The van der Waals surface area contributed by atoms with Crippen molar-refractivity contribution >= 4 is 0 Å². The fourth-order valence-electron chi connectivity index (χ4n) is 2.68. The lowest BCUT2D eigenvalue weighted by Gasteiger charge is -2.32. The molecule has 0 saturated carbocycles. The molecule has 2 nitrogen and oxygen atoms in total. The van der Waals surface area contributed by atoms with Gasteiger partial charge in [-0.05, 0) is 51.8 Å². The van der Waals surface area contributed by atoms with Crippen molar-refractivity contribution < 1.29 is 0 Å². The summed E-state index contributed by atoms with van der Waals surface area (Å²) < 4.78 is 0. The minimum absolute atomic E-state index is 0.399. The molecule has 1 atom stereocenters. The Labute approximate surface area is 125 Å². The second-order valence-corrected chi connectivity index (χ2v) is 6.64. The van der Waals surface area contributed by atoms with Gasteiger partial charge in [0.2, 0.25) is 0 Å². The number of nitrogens with one attached hydrogen (secondary N) is 1. The molecule has 1 aromatic carbocycles. The van der Waals surface area contributed by atoms with Crippen LogP contribution in [-0.2, 0) is 0 Å². The number of aryl methyl sites for hydroxylation is 2. The standard InChI is InChI=1S/C18H32N2/c1-13(2)11-20(14(3)4)12-18(19-7)17-10-15(5)8-9-16(17)6/h8-10,13-14,18-19H,11-12H2,1-7H3. The van der Waals surface area contributed by atoms with Gasteiger partial charge < -0.3 is 5.32 Å². The van der Waals surface area contributed by atoms with E-state index in [9.17, 15) is 0 Å². The summed E-state index contributed by atoms with van der Waals surface area (Å²) in [6, 6.07) is 7.73. The van der Waals surface area contributed by atoms with Gasteiger partial charge in [-0.2, -0.15) is 0 Å². The smallest absolute Gasteiger partial charge is 0.0449 e. The second-order valence-electron chi connectivity index (χ2n) is 6.64. The van der Waals surface area contributed by atoms with Gasteiger partial charge in [0.05, 0.1) is 0 Å². The maximum Gasteiger partial charge on any atom is 0.0449 e. The monoisotopic (exact) mass is 276 g/mol. The van der Waals surface area contributed by atoms with Crippen LogP contribution in [0, 0.1) is 19.8 Å². The summed E-state index contributed by atoms with van der Waals surface area (Å²) in [4.78, 5) is 2.58. The molecule has 1 aromatic rings. The number of hydrogen-bond donors (Lipinski definition) is 1. The molecule has 114 valence electrons. The second kappa shape index (κ2) is 7.80. The molecular formula is C18H32N2. The third-order valence-corrected chi connectivity index (χ3v) is 3.91. The minimum atomic E-state index is 0.399. The van der Waals surface area contributed by atoms with E-state index in [-0.39, 0.29) is 0 Å². The van der Waals surface area contributed by atoms with Crippen molar-refractivity contribution in [2.45, 2.75) is 53.6 Å². The molecule has 0 aromatic heterocycles. The van der Waals surface area contributed by atoms with Gasteiger partial charge in [-0.15, -0.1) is 0 Å². The maximum absolute atomic E-state index is 3.50. The maximum atomic E-state index is 3.50. The Bertz CT molecular complexity index is 410. The van der Waals surface area contributed by atoms with E-state index in [1.807, 2.05) is 0 Å². The van der Waals surface area contributed by atoms with Crippen LogP contribution in [0.1, 0.15) is 50.4 Å². The highest BCUT2D eigenvalue weighted by Crippen LogP contribution is 2.21. The highest BCUT2D eigenvalue weighted by molar-refractivity contribution is 5.33. The number of benzene rings is 1. The summed E-state index contributed by atoms with van der Waals surface area (Å²) in [7, 11) is 2.07. The molecule has 2 heteroatoms. The average Bonchev–Trinajstić information content (AvgIpc) is 2.37. The summed E-state index contributed by atoms with van der Waals surface area (Å²) >= 11 is 0. The zero-order valence-corrected chi connectivity index (χ0v) is 14.3. The lowest BCUT2D eigenvalue weighted by molar-refractivity contribution is 0.179. The number of rotatable bonds is 7. The van der Waals surface area contributed by atoms with Crippen LogP contribution >= 0.6 is 0 Å². The summed E-state index contributed by atoms with van der Waals surface area (Å²) in [6.45, 7) is 15.8. The third kappa shape index (κ3) is 4.92. The molecule has 1 rings (SSSR count). The van der Waals surface area contributed by atoms with E-state index in [2.05, 4.69) is 77.0 Å². The lowest BCUT2D eigenvalue weighted by atomic mass is 9.98. The molecule has 0 fully saturated rings. The van der Waals surface area contributed by atoms with E-state index in [0.717, 1.165) is 13.1 Å². The molecule has 0 amide bonds. The molecule has 20 heavy (non-hydrogen) atoms. The Morgan fingerprint density at radius 3 is 2.20 bits per heavy atom. The molecule has 0 aliphatic rings. The number of hydrogen-bond acceptors (Lipinski definition) is 2. The average molecular weight is 276 g/mol. The van der Waals surface area contributed by atoms with Crippen LogP contribution in [0.5, 0.6) is 0 Å². The Morgan fingerprint density at radius 1 is 1.05 bits per heavy atom. The van der Waals surface area contributed by atoms with E-state index in [0.29, 0.717) is 18.0 Å². The highest BCUT2D eigenvalue weighted by Gasteiger charge is 2.19. The topological polar surface area (TPSA) is 15.3 Å². The van der Waals surface area contributed by atoms with Gasteiger partial charge in [-0.25, -0.2) is 0 Å². The van der Waals surface area contributed by atoms with Crippen LogP contribution in [0.3, 0.4) is 0 Å². The molecule has 1 unspecified atom stereocenters. The largest absolute Gasteiger partial charge is 0.312 e. The predicted molar refractivity (Wildman–Crippen MR) is 89.3 cm³/mol. The minimum Gasteiger partial charge on any atom is -0.312 e. The summed E-state index contributed by atoms with van der Waals surface area (Å²) in [5.74, 6) is 0.702. The SMILES string of the molecule is CNC(CN(CC(C)C)C(C)C)c1cc(C)ccc1C. The Hall–Kier alpha value is -0.860. The first kappa shape index (κ1) is 17.2. The van der Waals surface area contributed by atoms with Gasteiger partial charge in [0.1, 0.15) is 0 Å². The fraction of sp³-hybridized carbons (Fsp3) is 0.667. The van der Waals surface area contributed by atoms with Gasteiger partial charge in [-0.3, -0.25) is 4.90 Å². The highest BCUT2D eigenvalue weighted by atomic mass is 15.2. The third-order valence-electron chi connectivity index (χ3n) is 3.91. The van der Waals surface area contributed by atoms with Crippen LogP contribution in [0.2, 0.25) is 0 Å². The van der Waals surface area contributed by atoms with Crippen molar-refractivity contribution in [3.05, 3.63) is 34.9 Å². The molecule has 1 N–H and O–H groups in total. The predicted octanol–water partition coefficient (Wildman–Crippen LogP) is 3.93. The van der Waals surface area contributed by atoms with Gasteiger partial charge in [0.25, 0.3) is 0 Å². The lowest BCUT2D eigenvalue weighted by Crippen LogP contribution is -2.40. The zero-order valence-electron chi connectivity index (χ0n) is 14.3. The van der Waals surface area contributed by atoms with E-state index in [1.165, 1.54) is 16.7 Å². The van der Waals surface area contributed by atoms with Crippen molar-refractivity contribution in [2.24, 2.45) is 5.92 Å². The molecule has 0 radical (unpaired) electrons. The van der Waals surface area contributed by atoms with Crippen LogP contribution in [0.25, 0.3) is 0 Å². The van der Waals surface area contributed by atoms with Crippen LogP contribution in [-0.4, -0.2) is 31.1 Å². The molecule has 0 heterocycles. The van der Waals surface area contributed by atoms with Gasteiger partial charge in [0, 0.05) is 25.2 Å². The van der Waals surface area contributed by atoms with Crippen LogP contribution in [0.15, 0.2) is 18.2 Å². The van der Waals surface area contributed by atoms with Crippen molar-refractivity contribution in [3.8, 4) is 0 Å². The molecule has 0 saturated heterocycles. The van der Waals surface area contributed by atoms with Gasteiger partial charge >= 0.3 is 0 Å². The van der Waals surface area contributed by atoms with Crippen molar-refractivity contribution in [2.75, 3.05) is 20.1 Å². The van der Waals surface area contributed by atoms with E-state index in [4.69, 9.17) is 0 Å². The normalized spacial score (nSPS) is 13.5. The van der Waals surface area contributed by atoms with Gasteiger partial charge in [-0.1, -0.05) is 37.6 Å². The molecule has 0 bridgehead atoms. The Morgan fingerprint density at radius 2 is 1.70 bits per heavy atom. The summed E-state index contributed by atoms with van der Waals surface area (Å²) in [6.07, 6.45) is 0. The van der Waals surface area contributed by atoms with Crippen molar-refractivity contribution in [1.29, 1.82) is 0 Å². The quantitative estimate of drug-likeness (QED) is 0.811. The molecular weight excluding hydrogens is 244 g/mol. The van der Waals surface area contributed by atoms with E-state index in [1.54, 1.807) is 0 Å². The first-order valence-electron chi connectivity index (χ1n) is 7.83. The van der Waals surface area contributed by atoms with Crippen LogP contribution in [0.4, 0.5) is 0 Å². The summed E-state index contributed by atoms with van der Waals surface area (Å²) in [5.41, 5.74) is 4.15. The zero-order chi connectivity index (χ0) is 15.3. The number of nitrogens with zero attached hydrogens (tertiary/aromatic N) is 1. The van der Waals surface area contributed by atoms with E-state index < -0.39 is 0 Å².